The molecule has 0 aliphatic heterocycles. The summed E-state index contributed by atoms with van der Waals surface area (Å²) in [5, 5.41) is 4.27. The molecule has 21 heavy (non-hydrogen) atoms. The van der Waals surface area contributed by atoms with E-state index in [4.69, 9.17) is 5.73 Å². The second-order valence-corrected chi connectivity index (χ2v) is 4.96. The van der Waals surface area contributed by atoms with E-state index < -0.39 is 0 Å². The number of benzene rings is 1. The fourth-order valence-electron chi connectivity index (χ4n) is 2.43. The summed E-state index contributed by atoms with van der Waals surface area (Å²) >= 11 is 0. The van der Waals surface area contributed by atoms with Gasteiger partial charge in [-0.15, -0.1) is 0 Å². The molecule has 0 aliphatic carbocycles. The lowest BCUT2D eigenvalue weighted by molar-refractivity contribution is 0.725. The van der Waals surface area contributed by atoms with E-state index in [1.54, 1.807) is 12.4 Å². The van der Waals surface area contributed by atoms with Crippen molar-refractivity contribution in [3.63, 3.8) is 0 Å². The van der Waals surface area contributed by atoms with E-state index in [9.17, 15) is 0 Å². The SMILES string of the molecule is NCCCN(Cc1ccccc1)c1nccn2nccc12. The number of aromatic nitrogens is 3. The number of hydrogen-bond acceptors (Lipinski definition) is 4. The monoisotopic (exact) mass is 281 g/mol. The molecule has 0 saturated heterocycles. The summed E-state index contributed by atoms with van der Waals surface area (Å²) in [6, 6.07) is 12.4. The molecule has 0 spiro atoms. The maximum Gasteiger partial charge on any atom is 0.154 e. The van der Waals surface area contributed by atoms with Gasteiger partial charge in [-0.1, -0.05) is 30.3 Å². The van der Waals surface area contributed by atoms with Crippen LogP contribution in [0.2, 0.25) is 0 Å². The Hall–Kier alpha value is -2.40. The Morgan fingerprint density at radius 3 is 2.76 bits per heavy atom. The summed E-state index contributed by atoms with van der Waals surface area (Å²) in [7, 11) is 0. The molecule has 5 nitrogen and oxygen atoms in total. The Labute approximate surface area is 124 Å². The van der Waals surface area contributed by atoms with Crippen molar-refractivity contribution in [2.45, 2.75) is 13.0 Å². The Bertz CT molecular complexity index is 692. The predicted molar refractivity (Wildman–Crippen MR) is 84.2 cm³/mol. The topological polar surface area (TPSA) is 59.5 Å². The van der Waals surface area contributed by atoms with Crippen LogP contribution in [-0.4, -0.2) is 27.7 Å². The van der Waals surface area contributed by atoms with Crippen LogP contribution < -0.4 is 10.6 Å². The second-order valence-electron chi connectivity index (χ2n) is 4.96. The van der Waals surface area contributed by atoms with Crippen molar-refractivity contribution in [3.05, 3.63) is 60.6 Å². The second kappa shape index (κ2) is 6.37. The minimum atomic E-state index is 0.674. The fraction of sp³-hybridized carbons (Fsp3) is 0.250. The molecule has 0 aliphatic rings. The molecular formula is C16H19N5. The van der Waals surface area contributed by atoms with Gasteiger partial charge in [-0.25, -0.2) is 9.50 Å². The van der Waals surface area contributed by atoms with Crippen LogP contribution in [0.3, 0.4) is 0 Å². The number of nitrogens with zero attached hydrogens (tertiary/aromatic N) is 4. The van der Waals surface area contributed by atoms with Crippen LogP contribution in [0.5, 0.6) is 0 Å². The van der Waals surface area contributed by atoms with E-state index in [-0.39, 0.29) is 0 Å². The lowest BCUT2D eigenvalue weighted by Crippen LogP contribution is -2.27. The van der Waals surface area contributed by atoms with Crippen molar-refractivity contribution in [1.29, 1.82) is 0 Å². The molecule has 5 heteroatoms. The Morgan fingerprint density at radius 2 is 1.95 bits per heavy atom. The minimum absolute atomic E-state index is 0.674. The zero-order valence-electron chi connectivity index (χ0n) is 11.9. The molecule has 0 saturated carbocycles. The largest absolute Gasteiger partial charge is 0.350 e. The molecule has 2 heterocycles. The highest BCUT2D eigenvalue weighted by atomic mass is 15.3. The molecular weight excluding hydrogens is 262 g/mol. The summed E-state index contributed by atoms with van der Waals surface area (Å²) in [6.45, 7) is 2.37. The van der Waals surface area contributed by atoms with E-state index >= 15 is 0 Å². The first-order valence-corrected chi connectivity index (χ1v) is 7.16. The molecule has 0 fully saturated rings. The molecule has 2 N–H and O–H groups in total. The lowest BCUT2D eigenvalue weighted by Gasteiger charge is -2.24. The molecule has 2 aromatic heterocycles. The van der Waals surface area contributed by atoms with Gasteiger partial charge in [0, 0.05) is 25.5 Å². The quantitative estimate of drug-likeness (QED) is 0.751. The van der Waals surface area contributed by atoms with Gasteiger partial charge in [-0.3, -0.25) is 0 Å². The van der Waals surface area contributed by atoms with Crippen molar-refractivity contribution < 1.29 is 0 Å². The summed E-state index contributed by atoms with van der Waals surface area (Å²) < 4.78 is 1.85. The molecule has 0 amide bonds. The van der Waals surface area contributed by atoms with Crippen molar-refractivity contribution in [2.75, 3.05) is 18.0 Å². The third kappa shape index (κ3) is 3.03. The third-order valence-electron chi connectivity index (χ3n) is 3.45. The number of rotatable bonds is 6. The van der Waals surface area contributed by atoms with Gasteiger partial charge in [0.2, 0.25) is 0 Å². The lowest BCUT2D eigenvalue weighted by atomic mass is 10.2. The molecule has 0 unspecified atom stereocenters. The van der Waals surface area contributed by atoms with Gasteiger partial charge in [-0.2, -0.15) is 5.10 Å². The molecule has 0 bridgehead atoms. The van der Waals surface area contributed by atoms with Crippen LogP contribution in [0.4, 0.5) is 5.82 Å². The first-order valence-electron chi connectivity index (χ1n) is 7.16. The highest BCUT2D eigenvalue weighted by Gasteiger charge is 2.12. The van der Waals surface area contributed by atoms with E-state index in [1.165, 1.54) is 5.56 Å². The minimum Gasteiger partial charge on any atom is -0.350 e. The molecule has 3 rings (SSSR count). The van der Waals surface area contributed by atoms with Gasteiger partial charge >= 0.3 is 0 Å². The van der Waals surface area contributed by atoms with E-state index in [2.05, 4.69) is 39.2 Å². The molecule has 0 atom stereocenters. The summed E-state index contributed by atoms with van der Waals surface area (Å²) in [4.78, 5) is 6.82. The van der Waals surface area contributed by atoms with Crippen molar-refractivity contribution in [1.82, 2.24) is 14.6 Å². The van der Waals surface area contributed by atoms with Crippen LogP contribution in [0, 0.1) is 0 Å². The molecule has 3 aromatic rings. The average Bonchev–Trinajstić information content (AvgIpc) is 3.01. The van der Waals surface area contributed by atoms with Crippen LogP contribution in [0.1, 0.15) is 12.0 Å². The normalized spacial score (nSPS) is 10.9. The number of fused-ring (bicyclic) bond motifs is 1. The maximum absolute atomic E-state index is 5.68. The van der Waals surface area contributed by atoms with Crippen molar-refractivity contribution >= 4 is 11.3 Å². The summed E-state index contributed by atoms with van der Waals surface area (Å²) in [6.07, 6.45) is 6.38. The van der Waals surface area contributed by atoms with E-state index in [1.807, 2.05) is 22.8 Å². The van der Waals surface area contributed by atoms with Gasteiger partial charge in [0.1, 0.15) is 5.52 Å². The molecule has 1 aromatic carbocycles. The Morgan fingerprint density at radius 1 is 1.10 bits per heavy atom. The Balaban J connectivity index is 1.93. The first-order chi connectivity index (χ1) is 10.4. The van der Waals surface area contributed by atoms with E-state index in [0.717, 1.165) is 30.8 Å². The zero-order valence-corrected chi connectivity index (χ0v) is 11.9. The van der Waals surface area contributed by atoms with Crippen molar-refractivity contribution in [2.24, 2.45) is 5.73 Å². The third-order valence-corrected chi connectivity index (χ3v) is 3.45. The van der Waals surface area contributed by atoms with Crippen LogP contribution in [0.15, 0.2) is 55.0 Å². The first kappa shape index (κ1) is 13.6. The van der Waals surface area contributed by atoms with Crippen LogP contribution in [-0.2, 0) is 6.54 Å². The van der Waals surface area contributed by atoms with Crippen molar-refractivity contribution in [3.8, 4) is 0 Å². The van der Waals surface area contributed by atoms with Gasteiger partial charge in [0.25, 0.3) is 0 Å². The smallest absolute Gasteiger partial charge is 0.154 e. The van der Waals surface area contributed by atoms with Crippen LogP contribution in [0.25, 0.3) is 5.52 Å². The fourth-order valence-corrected chi connectivity index (χ4v) is 2.43. The van der Waals surface area contributed by atoms with Gasteiger partial charge in [-0.05, 0) is 24.6 Å². The number of hydrogen-bond donors (Lipinski definition) is 1. The molecule has 0 radical (unpaired) electrons. The maximum atomic E-state index is 5.68. The summed E-state index contributed by atoms with van der Waals surface area (Å²) in [5.41, 5.74) is 7.96. The molecule has 108 valence electrons. The van der Waals surface area contributed by atoms with Crippen LogP contribution >= 0.6 is 0 Å². The van der Waals surface area contributed by atoms with Gasteiger partial charge in [0.15, 0.2) is 5.82 Å². The zero-order chi connectivity index (χ0) is 14.5. The van der Waals surface area contributed by atoms with Gasteiger partial charge < -0.3 is 10.6 Å². The van der Waals surface area contributed by atoms with E-state index in [0.29, 0.717) is 6.54 Å². The highest BCUT2D eigenvalue weighted by Crippen LogP contribution is 2.20. The standard InChI is InChI=1S/C16H19N5/c17-8-4-11-20(13-14-5-2-1-3-6-14)16-15-7-9-19-21(15)12-10-18-16/h1-3,5-7,9-10,12H,4,8,11,13,17H2. The Kier molecular flexibility index (Phi) is 4.12. The number of anilines is 1. The predicted octanol–water partition coefficient (Wildman–Crippen LogP) is 2.08. The number of nitrogens with two attached hydrogens (primary N) is 1. The summed E-state index contributed by atoms with van der Waals surface area (Å²) in [5.74, 6) is 0.951. The average molecular weight is 281 g/mol. The van der Waals surface area contributed by atoms with Gasteiger partial charge in [0.05, 0.1) is 6.20 Å². The highest BCUT2D eigenvalue weighted by molar-refractivity contribution is 5.68.